The highest BCUT2D eigenvalue weighted by Gasteiger charge is 2.24. The molecular formula is C26H44N4O8. The van der Waals surface area contributed by atoms with E-state index in [0.29, 0.717) is 51.9 Å². The number of nitrogens with one attached hydrogen (secondary N) is 4. The van der Waals surface area contributed by atoms with E-state index in [4.69, 9.17) is 24.1 Å². The first-order valence-electron chi connectivity index (χ1n) is 12.9. The molecule has 0 saturated heterocycles. The number of benzene rings is 1. The number of amides is 3. The Labute approximate surface area is 225 Å². The predicted molar refractivity (Wildman–Crippen MR) is 143 cm³/mol. The number of aliphatic hydroxyl groups is 1. The van der Waals surface area contributed by atoms with Crippen molar-refractivity contribution in [2.24, 2.45) is 5.92 Å². The summed E-state index contributed by atoms with van der Waals surface area (Å²) in [6, 6.07) is 5.93. The lowest BCUT2D eigenvalue weighted by atomic mass is 10.0. The maximum absolute atomic E-state index is 12.6. The van der Waals surface area contributed by atoms with Gasteiger partial charge in [-0.25, -0.2) is 0 Å². The van der Waals surface area contributed by atoms with Gasteiger partial charge in [0, 0.05) is 18.7 Å². The van der Waals surface area contributed by atoms with Crippen LogP contribution in [0, 0.1) is 5.92 Å². The standard InChI is InChI=1S/C26H44N4O8/c1-20(2)25(26(34)28-18-24(33)29-22-6-4-21(19-31)5-7-22)30-23(32)8-10-35-12-14-37-16-17-38-15-13-36-11-9-27-3/h4-7,20,25,27,31H,8-19H2,1-3H3,(H,28,34)(H,29,33)(H,30,32). The molecule has 1 rings (SSSR count). The second-order valence-corrected chi connectivity index (χ2v) is 8.71. The summed E-state index contributed by atoms with van der Waals surface area (Å²) >= 11 is 0. The summed E-state index contributed by atoms with van der Waals surface area (Å²) < 4.78 is 21.6. The molecule has 0 aromatic heterocycles. The van der Waals surface area contributed by atoms with Crippen molar-refractivity contribution in [2.45, 2.75) is 32.9 Å². The molecule has 12 nitrogen and oxygen atoms in total. The van der Waals surface area contributed by atoms with E-state index in [2.05, 4.69) is 21.3 Å². The third-order valence-corrected chi connectivity index (χ3v) is 5.19. The molecule has 216 valence electrons. The number of hydrogen-bond donors (Lipinski definition) is 5. The number of rotatable bonds is 22. The average Bonchev–Trinajstić information content (AvgIpc) is 2.90. The number of aliphatic hydroxyl groups excluding tert-OH is 1. The van der Waals surface area contributed by atoms with E-state index in [0.717, 1.165) is 12.1 Å². The van der Waals surface area contributed by atoms with Crippen LogP contribution in [0.4, 0.5) is 5.69 Å². The van der Waals surface area contributed by atoms with Crippen LogP contribution in [0.2, 0.25) is 0 Å². The fourth-order valence-corrected chi connectivity index (χ4v) is 3.06. The Bertz CT molecular complexity index is 792. The molecule has 0 heterocycles. The van der Waals surface area contributed by atoms with Crippen LogP contribution < -0.4 is 21.3 Å². The highest BCUT2D eigenvalue weighted by molar-refractivity contribution is 5.96. The highest BCUT2D eigenvalue weighted by atomic mass is 16.6. The van der Waals surface area contributed by atoms with Crippen molar-refractivity contribution in [2.75, 3.05) is 78.3 Å². The summed E-state index contributed by atoms with van der Waals surface area (Å²) in [5, 5.41) is 20.0. The molecule has 0 aliphatic carbocycles. The molecule has 0 fully saturated rings. The van der Waals surface area contributed by atoms with Crippen LogP contribution in [0.3, 0.4) is 0 Å². The number of likely N-dealkylation sites (N-methyl/N-ethyl adjacent to an activating group) is 1. The van der Waals surface area contributed by atoms with E-state index in [1.165, 1.54) is 0 Å². The Hall–Kier alpha value is -2.61. The number of ether oxygens (including phenoxy) is 4. The molecule has 0 aliphatic heterocycles. The second kappa shape index (κ2) is 21.3. The Balaban J connectivity index is 2.14. The lowest BCUT2D eigenvalue weighted by molar-refractivity contribution is -0.131. The molecule has 0 aliphatic rings. The molecule has 1 aromatic carbocycles. The zero-order valence-electron chi connectivity index (χ0n) is 22.8. The van der Waals surface area contributed by atoms with E-state index in [1.807, 2.05) is 20.9 Å². The zero-order valence-corrected chi connectivity index (χ0v) is 22.8. The van der Waals surface area contributed by atoms with Crippen molar-refractivity contribution in [1.82, 2.24) is 16.0 Å². The largest absolute Gasteiger partial charge is 0.392 e. The molecule has 0 saturated carbocycles. The topological polar surface area (TPSA) is 156 Å². The summed E-state index contributed by atoms with van der Waals surface area (Å²) in [5.41, 5.74) is 1.28. The lowest BCUT2D eigenvalue weighted by Crippen LogP contribution is -2.51. The van der Waals surface area contributed by atoms with Gasteiger partial charge in [-0.3, -0.25) is 14.4 Å². The second-order valence-electron chi connectivity index (χ2n) is 8.71. The Morgan fingerprint density at radius 1 is 0.816 bits per heavy atom. The van der Waals surface area contributed by atoms with E-state index in [-0.39, 0.29) is 38.0 Å². The van der Waals surface area contributed by atoms with Gasteiger partial charge in [0.15, 0.2) is 0 Å². The average molecular weight is 541 g/mol. The number of carbonyl (C=O) groups excluding carboxylic acids is 3. The van der Waals surface area contributed by atoms with Crippen molar-refractivity contribution >= 4 is 23.4 Å². The number of carbonyl (C=O) groups is 3. The monoisotopic (exact) mass is 540 g/mol. The molecule has 3 amide bonds. The van der Waals surface area contributed by atoms with Gasteiger partial charge in [0.05, 0.1) is 66.0 Å². The molecule has 0 radical (unpaired) electrons. The molecule has 1 unspecified atom stereocenters. The minimum Gasteiger partial charge on any atom is -0.392 e. The quantitative estimate of drug-likeness (QED) is 0.128. The van der Waals surface area contributed by atoms with Gasteiger partial charge in [0.25, 0.3) is 0 Å². The van der Waals surface area contributed by atoms with Gasteiger partial charge in [-0.15, -0.1) is 0 Å². The van der Waals surface area contributed by atoms with Crippen molar-refractivity contribution in [3.05, 3.63) is 29.8 Å². The van der Waals surface area contributed by atoms with Crippen molar-refractivity contribution in [1.29, 1.82) is 0 Å². The fourth-order valence-electron chi connectivity index (χ4n) is 3.06. The Kier molecular flexibility index (Phi) is 18.8. The van der Waals surface area contributed by atoms with Gasteiger partial charge in [0.1, 0.15) is 6.04 Å². The molecule has 0 bridgehead atoms. The van der Waals surface area contributed by atoms with Gasteiger partial charge < -0.3 is 45.3 Å². The Morgan fingerprint density at radius 2 is 1.37 bits per heavy atom. The SMILES string of the molecule is CNCCOCCOCCOCCOCCC(=O)NC(C(=O)NCC(=O)Nc1ccc(CO)cc1)C(C)C. The van der Waals surface area contributed by atoms with Crippen LogP contribution in [0.25, 0.3) is 0 Å². The molecular weight excluding hydrogens is 496 g/mol. The smallest absolute Gasteiger partial charge is 0.243 e. The van der Waals surface area contributed by atoms with E-state index >= 15 is 0 Å². The summed E-state index contributed by atoms with van der Waals surface area (Å²) in [6.07, 6.45) is 0.0947. The molecule has 1 atom stereocenters. The van der Waals surface area contributed by atoms with Crippen molar-refractivity contribution < 1.29 is 38.4 Å². The summed E-state index contributed by atoms with van der Waals surface area (Å²) in [4.78, 5) is 37.0. The van der Waals surface area contributed by atoms with E-state index in [1.54, 1.807) is 24.3 Å². The van der Waals surface area contributed by atoms with Crippen molar-refractivity contribution in [3.8, 4) is 0 Å². The van der Waals surface area contributed by atoms with Crippen LogP contribution in [0.1, 0.15) is 25.8 Å². The first kappa shape index (κ1) is 33.4. The third kappa shape index (κ3) is 16.3. The van der Waals surface area contributed by atoms with Crippen LogP contribution >= 0.6 is 0 Å². The van der Waals surface area contributed by atoms with Gasteiger partial charge in [-0.1, -0.05) is 26.0 Å². The Morgan fingerprint density at radius 3 is 1.89 bits per heavy atom. The lowest BCUT2D eigenvalue weighted by Gasteiger charge is -2.21. The fraction of sp³-hybridized carbons (Fsp3) is 0.654. The van der Waals surface area contributed by atoms with Gasteiger partial charge in [-0.05, 0) is 30.7 Å². The minimum atomic E-state index is -0.781. The van der Waals surface area contributed by atoms with Crippen LogP contribution in [-0.4, -0.2) is 102 Å². The molecule has 5 N–H and O–H groups in total. The molecule has 0 spiro atoms. The molecule has 38 heavy (non-hydrogen) atoms. The first-order valence-corrected chi connectivity index (χ1v) is 12.9. The van der Waals surface area contributed by atoms with Crippen LogP contribution in [0.15, 0.2) is 24.3 Å². The summed E-state index contributed by atoms with van der Waals surface area (Å²) in [6.45, 7) is 7.64. The molecule has 12 heteroatoms. The highest BCUT2D eigenvalue weighted by Crippen LogP contribution is 2.09. The number of hydrogen-bond acceptors (Lipinski definition) is 9. The van der Waals surface area contributed by atoms with Crippen LogP contribution in [-0.2, 0) is 39.9 Å². The van der Waals surface area contributed by atoms with Gasteiger partial charge in [0.2, 0.25) is 17.7 Å². The summed E-state index contributed by atoms with van der Waals surface area (Å²) in [7, 11) is 1.87. The normalized spacial score (nSPS) is 11.8. The first-order chi connectivity index (χ1) is 18.4. The minimum absolute atomic E-state index is 0.0855. The van der Waals surface area contributed by atoms with E-state index in [9.17, 15) is 14.4 Å². The maximum Gasteiger partial charge on any atom is 0.243 e. The molecule has 1 aromatic rings. The van der Waals surface area contributed by atoms with Gasteiger partial charge >= 0.3 is 0 Å². The zero-order chi connectivity index (χ0) is 28.0. The van der Waals surface area contributed by atoms with Gasteiger partial charge in [-0.2, -0.15) is 0 Å². The van der Waals surface area contributed by atoms with Crippen LogP contribution in [0.5, 0.6) is 0 Å². The third-order valence-electron chi connectivity index (χ3n) is 5.19. The predicted octanol–water partition coefficient (Wildman–Crippen LogP) is 0.0503. The van der Waals surface area contributed by atoms with Crippen molar-refractivity contribution in [3.63, 3.8) is 0 Å². The van der Waals surface area contributed by atoms with E-state index < -0.39 is 17.9 Å². The number of anilines is 1. The maximum atomic E-state index is 12.6. The summed E-state index contributed by atoms with van der Waals surface area (Å²) in [5.74, 6) is -1.34.